The first-order valence-corrected chi connectivity index (χ1v) is 12.6. The van der Waals surface area contributed by atoms with Crippen molar-refractivity contribution in [1.29, 1.82) is 0 Å². The number of likely N-dealkylation sites (N-methyl/N-ethyl adjacent to an activating group) is 1. The third kappa shape index (κ3) is 12.4. The number of hydrogen-bond donors (Lipinski definition) is 6. The molecule has 7 N–H and O–H groups in total. The Morgan fingerprint density at radius 3 is 1.81 bits per heavy atom. The van der Waals surface area contributed by atoms with E-state index in [1.54, 1.807) is 4.90 Å². The van der Waals surface area contributed by atoms with Crippen molar-refractivity contribution >= 4 is 17.8 Å². The van der Waals surface area contributed by atoms with Gasteiger partial charge in [0.05, 0.1) is 44.2 Å². The minimum atomic E-state index is -0.418. The second kappa shape index (κ2) is 16.8. The van der Waals surface area contributed by atoms with E-state index in [1.165, 1.54) is 0 Å². The topological polar surface area (TPSA) is 174 Å². The highest BCUT2D eigenvalue weighted by Gasteiger charge is 2.23. The first-order valence-electron chi connectivity index (χ1n) is 12.6. The van der Waals surface area contributed by atoms with E-state index in [4.69, 9.17) is 15.2 Å². The fourth-order valence-electron chi connectivity index (χ4n) is 3.14. The summed E-state index contributed by atoms with van der Waals surface area (Å²) in [4.78, 5) is 17.1. The number of aliphatic hydroxyl groups excluding tert-OH is 3. The van der Waals surface area contributed by atoms with Crippen LogP contribution in [0.25, 0.3) is 0 Å². The molecule has 0 fully saturated rings. The number of hydrogen-bond acceptors (Lipinski definition) is 13. The smallest absolute Gasteiger partial charge is 0.232 e. The monoisotopic (exact) mass is 516 g/mol. The molecule has 0 atom stereocenters. The van der Waals surface area contributed by atoms with Gasteiger partial charge in [-0.3, -0.25) is 0 Å². The van der Waals surface area contributed by atoms with Crippen LogP contribution in [0.15, 0.2) is 0 Å². The van der Waals surface area contributed by atoms with Gasteiger partial charge in [-0.15, -0.1) is 0 Å². The van der Waals surface area contributed by atoms with E-state index in [-0.39, 0.29) is 38.5 Å². The van der Waals surface area contributed by atoms with Crippen molar-refractivity contribution in [2.75, 3.05) is 101 Å². The molecule has 0 saturated carbocycles. The van der Waals surface area contributed by atoms with Crippen LogP contribution >= 0.6 is 0 Å². The number of aromatic nitrogens is 3. The lowest BCUT2D eigenvalue weighted by molar-refractivity contribution is -0.0673. The van der Waals surface area contributed by atoms with Gasteiger partial charge in [0.1, 0.15) is 0 Å². The van der Waals surface area contributed by atoms with Crippen LogP contribution in [-0.2, 0) is 9.47 Å². The molecular formula is C23H48N8O5. The first-order chi connectivity index (χ1) is 17.1. The molecule has 1 aromatic rings. The van der Waals surface area contributed by atoms with Crippen molar-refractivity contribution in [1.82, 2.24) is 20.3 Å². The maximum absolute atomic E-state index is 9.68. The van der Waals surface area contributed by atoms with Gasteiger partial charge in [0.2, 0.25) is 17.8 Å². The summed E-state index contributed by atoms with van der Waals surface area (Å²) in [5.74, 6) is 1.07. The molecule has 0 spiro atoms. The summed E-state index contributed by atoms with van der Waals surface area (Å²) in [6.45, 7) is 11.6. The quantitative estimate of drug-likeness (QED) is 0.110. The van der Waals surface area contributed by atoms with Gasteiger partial charge in [0, 0.05) is 45.8 Å². The molecule has 0 aliphatic rings. The molecule has 0 aliphatic carbocycles. The summed E-state index contributed by atoms with van der Waals surface area (Å²) in [5.41, 5.74) is 4.94. The summed E-state index contributed by atoms with van der Waals surface area (Å²) in [7, 11) is 1.85. The number of nitrogens with one attached hydrogen (secondary N) is 2. The molecule has 0 amide bonds. The average Bonchev–Trinajstić information content (AvgIpc) is 2.83. The average molecular weight is 517 g/mol. The standard InChI is InChI=1S/C23H48N8O5/c1-22(2,6-16-35-23(3,4)18-24)36-17-12-31(11-15-34)21-28-19(26-8-7-25-5)27-20(29-21)30(9-13-32)10-14-33/h25,32-34H,6-18,24H2,1-5H3,(H,26,27,28,29). The van der Waals surface area contributed by atoms with Crippen molar-refractivity contribution in [3.63, 3.8) is 0 Å². The van der Waals surface area contributed by atoms with E-state index in [0.29, 0.717) is 70.2 Å². The zero-order chi connectivity index (χ0) is 27.0. The zero-order valence-corrected chi connectivity index (χ0v) is 22.7. The highest BCUT2D eigenvalue weighted by Crippen LogP contribution is 2.19. The second-order valence-corrected chi connectivity index (χ2v) is 9.60. The summed E-state index contributed by atoms with van der Waals surface area (Å²) >= 11 is 0. The lowest BCUT2D eigenvalue weighted by Gasteiger charge is -2.30. The molecule has 0 aliphatic heterocycles. The second-order valence-electron chi connectivity index (χ2n) is 9.60. The molecule has 0 aromatic carbocycles. The van der Waals surface area contributed by atoms with Crippen molar-refractivity contribution in [2.24, 2.45) is 5.73 Å². The summed E-state index contributed by atoms with van der Waals surface area (Å²) in [6.07, 6.45) is 0.698. The summed E-state index contributed by atoms with van der Waals surface area (Å²) in [5, 5.41) is 34.8. The van der Waals surface area contributed by atoms with Gasteiger partial charge in [-0.2, -0.15) is 15.0 Å². The van der Waals surface area contributed by atoms with Gasteiger partial charge in [0.25, 0.3) is 0 Å². The Balaban J connectivity index is 2.96. The summed E-state index contributed by atoms with van der Waals surface area (Å²) in [6, 6.07) is 0. The Hall–Kier alpha value is -1.87. The number of aliphatic hydroxyl groups is 3. The van der Waals surface area contributed by atoms with Gasteiger partial charge in [-0.05, 0) is 41.2 Å². The number of rotatable bonds is 21. The van der Waals surface area contributed by atoms with Gasteiger partial charge < -0.3 is 51.0 Å². The third-order valence-electron chi connectivity index (χ3n) is 5.49. The van der Waals surface area contributed by atoms with Crippen LogP contribution in [0.1, 0.15) is 34.1 Å². The highest BCUT2D eigenvalue weighted by atomic mass is 16.5. The van der Waals surface area contributed by atoms with Crippen LogP contribution in [0.3, 0.4) is 0 Å². The molecule has 13 heteroatoms. The third-order valence-corrected chi connectivity index (χ3v) is 5.49. The van der Waals surface area contributed by atoms with Crippen LogP contribution in [-0.4, -0.2) is 127 Å². The van der Waals surface area contributed by atoms with E-state index in [0.717, 1.165) is 0 Å². The Morgan fingerprint density at radius 2 is 1.31 bits per heavy atom. The van der Waals surface area contributed by atoms with E-state index < -0.39 is 5.60 Å². The predicted octanol–water partition coefficient (Wildman–Crippen LogP) is -0.968. The molecule has 210 valence electrons. The SMILES string of the molecule is CNCCNc1nc(N(CCO)CCO)nc(N(CCO)CCOC(C)(C)CCOC(C)(C)CN)n1. The van der Waals surface area contributed by atoms with E-state index in [1.807, 2.05) is 39.6 Å². The Bertz CT molecular complexity index is 720. The number of anilines is 3. The number of ether oxygens (including phenoxy) is 2. The fourth-order valence-corrected chi connectivity index (χ4v) is 3.14. The minimum absolute atomic E-state index is 0.0913. The number of nitrogens with two attached hydrogens (primary N) is 1. The van der Waals surface area contributed by atoms with E-state index in [9.17, 15) is 15.3 Å². The van der Waals surface area contributed by atoms with Crippen LogP contribution in [0.2, 0.25) is 0 Å². The van der Waals surface area contributed by atoms with Crippen molar-refractivity contribution in [3.05, 3.63) is 0 Å². The van der Waals surface area contributed by atoms with Gasteiger partial charge >= 0.3 is 0 Å². The van der Waals surface area contributed by atoms with Crippen molar-refractivity contribution < 1.29 is 24.8 Å². The Labute approximate surface area is 215 Å². The molecule has 36 heavy (non-hydrogen) atoms. The normalized spacial score (nSPS) is 12.1. The fraction of sp³-hybridized carbons (Fsp3) is 0.870. The predicted molar refractivity (Wildman–Crippen MR) is 142 cm³/mol. The van der Waals surface area contributed by atoms with Crippen LogP contribution < -0.4 is 26.2 Å². The molecule has 0 radical (unpaired) electrons. The van der Waals surface area contributed by atoms with Crippen LogP contribution in [0.5, 0.6) is 0 Å². The van der Waals surface area contributed by atoms with Crippen molar-refractivity contribution in [3.8, 4) is 0 Å². The summed E-state index contributed by atoms with van der Waals surface area (Å²) < 4.78 is 12.0. The zero-order valence-electron chi connectivity index (χ0n) is 22.7. The molecule has 1 heterocycles. The molecule has 1 aromatic heterocycles. The molecular weight excluding hydrogens is 468 g/mol. The molecule has 13 nitrogen and oxygen atoms in total. The maximum atomic E-state index is 9.68. The molecule has 0 unspecified atom stereocenters. The maximum Gasteiger partial charge on any atom is 0.232 e. The van der Waals surface area contributed by atoms with E-state index >= 15 is 0 Å². The molecule has 0 saturated heterocycles. The van der Waals surface area contributed by atoms with E-state index in [2.05, 4.69) is 25.6 Å². The molecule has 1 rings (SSSR count). The van der Waals surface area contributed by atoms with Crippen LogP contribution in [0.4, 0.5) is 17.8 Å². The van der Waals surface area contributed by atoms with Crippen LogP contribution in [0, 0.1) is 0 Å². The minimum Gasteiger partial charge on any atom is -0.395 e. The Morgan fingerprint density at radius 1 is 0.778 bits per heavy atom. The van der Waals surface area contributed by atoms with Gasteiger partial charge in [-0.25, -0.2) is 0 Å². The Kier molecular flexibility index (Phi) is 15.0. The first kappa shape index (κ1) is 32.2. The van der Waals surface area contributed by atoms with Gasteiger partial charge in [-0.1, -0.05) is 0 Å². The molecule has 0 bridgehead atoms. The highest BCUT2D eigenvalue weighted by molar-refractivity contribution is 5.45. The lowest BCUT2D eigenvalue weighted by atomic mass is 10.1. The number of nitrogens with zero attached hydrogens (tertiary/aromatic N) is 5. The van der Waals surface area contributed by atoms with Crippen molar-refractivity contribution in [2.45, 2.75) is 45.3 Å². The largest absolute Gasteiger partial charge is 0.395 e. The lowest BCUT2D eigenvalue weighted by Crippen LogP contribution is -2.38. The van der Waals surface area contributed by atoms with Gasteiger partial charge in [0.15, 0.2) is 0 Å².